The third-order valence-electron chi connectivity index (χ3n) is 4.38. The van der Waals surface area contributed by atoms with Crippen LogP contribution in [0.15, 0.2) is 41.4 Å². The molecule has 0 spiro atoms. The minimum absolute atomic E-state index is 0. The van der Waals surface area contributed by atoms with Crippen LogP contribution in [-0.2, 0) is 13.0 Å². The fourth-order valence-electron chi connectivity index (χ4n) is 2.95. The molecule has 0 amide bonds. The Hall–Kier alpha value is -2.23. The van der Waals surface area contributed by atoms with Crippen LogP contribution in [0.25, 0.3) is 0 Å². The smallest absolute Gasteiger partial charge is 0.193 e. The molecule has 0 saturated carbocycles. The summed E-state index contributed by atoms with van der Waals surface area (Å²) in [5.74, 6) is 2.62. The minimum Gasteiger partial charge on any atom is -0.496 e. The maximum Gasteiger partial charge on any atom is 0.193 e. The van der Waals surface area contributed by atoms with Crippen LogP contribution in [0, 0.1) is 5.82 Å². The van der Waals surface area contributed by atoms with Crippen molar-refractivity contribution in [3.05, 3.63) is 53.3 Å². The van der Waals surface area contributed by atoms with E-state index in [4.69, 9.17) is 14.2 Å². The molecule has 1 N–H and O–H groups in total. The fourth-order valence-corrected chi connectivity index (χ4v) is 2.95. The van der Waals surface area contributed by atoms with E-state index >= 15 is 0 Å². The van der Waals surface area contributed by atoms with Crippen molar-refractivity contribution in [1.29, 1.82) is 0 Å². The Morgan fingerprint density at radius 1 is 1.03 bits per heavy atom. The summed E-state index contributed by atoms with van der Waals surface area (Å²) in [5.41, 5.74) is 1.96. The summed E-state index contributed by atoms with van der Waals surface area (Å²) in [6.45, 7) is 1.26. The highest BCUT2D eigenvalue weighted by Crippen LogP contribution is 2.34. The zero-order valence-electron chi connectivity index (χ0n) is 17.5. The Bertz CT molecular complexity index is 775. The number of ether oxygens (including phenoxy) is 3. The van der Waals surface area contributed by atoms with Crippen LogP contribution in [0.1, 0.15) is 11.1 Å². The number of rotatable bonds is 8. The summed E-state index contributed by atoms with van der Waals surface area (Å²) in [6.07, 6.45) is 0.680. The molecule has 160 valence electrons. The Kier molecular flexibility index (Phi) is 10.6. The normalized spacial score (nSPS) is 10.8. The summed E-state index contributed by atoms with van der Waals surface area (Å²) in [5, 5.41) is 3.34. The third kappa shape index (κ3) is 6.95. The first-order valence-electron chi connectivity index (χ1n) is 8.97. The van der Waals surface area contributed by atoms with Gasteiger partial charge in [0, 0.05) is 44.9 Å². The average Bonchev–Trinajstić information content (AvgIpc) is 2.72. The van der Waals surface area contributed by atoms with Gasteiger partial charge in [-0.25, -0.2) is 4.39 Å². The molecule has 2 aromatic carbocycles. The van der Waals surface area contributed by atoms with Gasteiger partial charge in [0.25, 0.3) is 0 Å². The van der Waals surface area contributed by atoms with Gasteiger partial charge < -0.3 is 24.4 Å². The van der Waals surface area contributed by atoms with Crippen LogP contribution < -0.4 is 19.5 Å². The number of hydrogen-bond acceptors (Lipinski definition) is 4. The Morgan fingerprint density at radius 3 is 2.10 bits per heavy atom. The third-order valence-corrected chi connectivity index (χ3v) is 4.38. The molecular weight excluding hydrogens is 488 g/mol. The van der Waals surface area contributed by atoms with Crippen LogP contribution in [-0.4, -0.2) is 52.8 Å². The largest absolute Gasteiger partial charge is 0.496 e. The van der Waals surface area contributed by atoms with Crippen molar-refractivity contribution in [2.75, 3.05) is 42.0 Å². The van der Waals surface area contributed by atoms with Gasteiger partial charge in [0.1, 0.15) is 23.1 Å². The van der Waals surface area contributed by atoms with Crippen LogP contribution in [0.5, 0.6) is 17.2 Å². The number of methoxy groups -OCH3 is 3. The minimum atomic E-state index is -0.240. The average molecular weight is 517 g/mol. The van der Waals surface area contributed by atoms with E-state index in [1.807, 2.05) is 24.1 Å². The molecule has 0 aliphatic heterocycles. The second-order valence-electron chi connectivity index (χ2n) is 6.22. The molecule has 0 atom stereocenters. The van der Waals surface area contributed by atoms with E-state index in [1.54, 1.807) is 40.5 Å². The quantitative estimate of drug-likeness (QED) is 0.329. The number of guanidine groups is 1. The van der Waals surface area contributed by atoms with Crippen molar-refractivity contribution < 1.29 is 18.6 Å². The summed E-state index contributed by atoms with van der Waals surface area (Å²) in [4.78, 5) is 6.30. The first-order chi connectivity index (χ1) is 13.5. The lowest BCUT2D eigenvalue weighted by atomic mass is 10.1. The van der Waals surface area contributed by atoms with E-state index in [-0.39, 0.29) is 29.8 Å². The first-order valence-corrected chi connectivity index (χ1v) is 8.97. The number of benzene rings is 2. The van der Waals surface area contributed by atoms with Gasteiger partial charge in [0.2, 0.25) is 0 Å². The topological polar surface area (TPSA) is 55.3 Å². The summed E-state index contributed by atoms with van der Waals surface area (Å²) in [6, 6.07) is 10.1. The fraction of sp³-hybridized carbons (Fsp3) is 0.381. The van der Waals surface area contributed by atoms with Gasteiger partial charge in [0.15, 0.2) is 5.96 Å². The molecular formula is C21H29FIN3O3. The lowest BCUT2D eigenvalue weighted by Crippen LogP contribution is -2.39. The second-order valence-corrected chi connectivity index (χ2v) is 6.22. The maximum absolute atomic E-state index is 13.1. The van der Waals surface area contributed by atoms with Crippen molar-refractivity contribution in [2.24, 2.45) is 4.99 Å². The van der Waals surface area contributed by atoms with E-state index in [2.05, 4.69) is 10.3 Å². The van der Waals surface area contributed by atoms with Gasteiger partial charge in [-0.3, -0.25) is 4.99 Å². The summed E-state index contributed by atoms with van der Waals surface area (Å²) in [7, 11) is 8.53. The number of halogens is 2. The van der Waals surface area contributed by atoms with Gasteiger partial charge in [-0.05, 0) is 24.1 Å². The molecule has 0 unspecified atom stereocenters. The predicted octanol–water partition coefficient (Wildman–Crippen LogP) is 3.72. The standard InChI is InChI=1S/C21H28FN3O3.HI/c1-23-21(25(2)14-15-6-8-16(22)9-7-15)24-11-10-18-19(27-4)12-17(26-3)13-20(18)28-5;/h6-9,12-13H,10-11,14H2,1-5H3,(H,23,24);1H. The Labute approximate surface area is 189 Å². The van der Waals surface area contributed by atoms with E-state index in [0.717, 1.165) is 17.1 Å². The van der Waals surface area contributed by atoms with Gasteiger partial charge in [0.05, 0.1) is 21.3 Å². The highest BCUT2D eigenvalue weighted by Gasteiger charge is 2.14. The lowest BCUT2D eigenvalue weighted by molar-refractivity contribution is 0.368. The first kappa shape index (κ1) is 24.8. The molecule has 0 bridgehead atoms. The van der Waals surface area contributed by atoms with Crippen molar-refractivity contribution in [3.63, 3.8) is 0 Å². The molecule has 0 aromatic heterocycles. The molecule has 8 heteroatoms. The van der Waals surface area contributed by atoms with Gasteiger partial charge >= 0.3 is 0 Å². The van der Waals surface area contributed by atoms with Crippen molar-refractivity contribution in [2.45, 2.75) is 13.0 Å². The second kappa shape index (κ2) is 12.4. The zero-order valence-corrected chi connectivity index (χ0v) is 19.8. The van der Waals surface area contributed by atoms with Gasteiger partial charge in [-0.15, -0.1) is 24.0 Å². The van der Waals surface area contributed by atoms with E-state index in [1.165, 1.54) is 12.1 Å². The van der Waals surface area contributed by atoms with E-state index in [0.29, 0.717) is 36.8 Å². The van der Waals surface area contributed by atoms with Crippen LogP contribution in [0.3, 0.4) is 0 Å². The van der Waals surface area contributed by atoms with Crippen molar-refractivity contribution in [3.8, 4) is 17.2 Å². The van der Waals surface area contributed by atoms with Crippen molar-refractivity contribution >= 4 is 29.9 Å². The number of hydrogen-bond donors (Lipinski definition) is 1. The van der Waals surface area contributed by atoms with Crippen LogP contribution in [0.4, 0.5) is 4.39 Å². The zero-order chi connectivity index (χ0) is 20.5. The maximum atomic E-state index is 13.1. The molecule has 0 heterocycles. The molecule has 2 rings (SSSR count). The van der Waals surface area contributed by atoms with E-state index in [9.17, 15) is 4.39 Å². The highest BCUT2D eigenvalue weighted by atomic mass is 127. The number of nitrogens with one attached hydrogen (secondary N) is 1. The number of nitrogens with zero attached hydrogens (tertiary/aromatic N) is 2. The van der Waals surface area contributed by atoms with E-state index < -0.39 is 0 Å². The molecule has 29 heavy (non-hydrogen) atoms. The van der Waals surface area contributed by atoms with Gasteiger partial charge in [-0.1, -0.05) is 12.1 Å². The molecule has 0 fully saturated rings. The monoisotopic (exact) mass is 517 g/mol. The SMILES string of the molecule is CN=C(NCCc1c(OC)cc(OC)cc1OC)N(C)Cc1ccc(F)cc1.I. The lowest BCUT2D eigenvalue weighted by Gasteiger charge is -2.22. The van der Waals surface area contributed by atoms with Gasteiger partial charge in [-0.2, -0.15) is 0 Å². The summed E-state index contributed by atoms with van der Waals surface area (Å²) >= 11 is 0. The Balaban J connectivity index is 0.00000420. The van der Waals surface area contributed by atoms with Crippen LogP contribution >= 0.6 is 24.0 Å². The molecule has 0 saturated heterocycles. The molecule has 6 nitrogen and oxygen atoms in total. The summed E-state index contributed by atoms with van der Waals surface area (Å²) < 4.78 is 29.3. The molecule has 0 aliphatic carbocycles. The predicted molar refractivity (Wildman–Crippen MR) is 124 cm³/mol. The highest BCUT2D eigenvalue weighted by molar-refractivity contribution is 14.0. The molecule has 0 radical (unpaired) electrons. The van der Waals surface area contributed by atoms with Crippen LogP contribution in [0.2, 0.25) is 0 Å². The van der Waals surface area contributed by atoms with Crippen molar-refractivity contribution in [1.82, 2.24) is 10.2 Å². The molecule has 0 aliphatic rings. The number of aliphatic imine (C=N–C) groups is 1. The molecule has 2 aromatic rings. The Morgan fingerprint density at radius 2 is 1.62 bits per heavy atom.